The van der Waals surface area contributed by atoms with Crippen LogP contribution in [0.15, 0.2) is 36.4 Å². The Morgan fingerprint density at radius 1 is 1.25 bits per heavy atom. The Labute approximate surface area is 94.5 Å². The number of nitriles is 1. The molecule has 0 saturated carbocycles. The van der Waals surface area contributed by atoms with Crippen molar-refractivity contribution in [2.75, 3.05) is 11.1 Å². The van der Waals surface area contributed by atoms with Crippen molar-refractivity contribution in [2.45, 2.75) is 13.0 Å². The van der Waals surface area contributed by atoms with Gasteiger partial charge >= 0.3 is 0 Å². The quantitative estimate of drug-likeness (QED) is 0.751. The summed E-state index contributed by atoms with van der Waals surface area (Å²) in [5, 5.41) is 13.9. The highest BCUT2D eigenvalue weighted by molar-refractivity contribution is 5.98. The first kappa shape index (κ1) is 10.3. The summed E-state index contributed by atoms with van der Waals surface area (Å²) in [6, 6.07) is 13.7. The first-order valence-electron chi connectivity index (χ1n) is 5.16. The van der Waals surface area contributed by atoms with Crippen molar-refractivity contribution in [3.05, 3.63) is 36.4 Å². The van der Waals surface area contributed by atoms with Crippen LogP contribution in [0.25, 0.3) is 10.8 Å². The van der Waals surface area contributed by atoms with Crippen LogP contribution in [0.1, 0.15) is 6.92 Å². The van der Waals surface area contributed by atoms with E-state index in [9.17, 15) is 0 Å². The third kappa shape index (κ3) is 1.78. The van der Waals surface area contributed by atoms with Gasteiger partial charge < -0.3 is 11.1 Å². The summed E-state index contributed by atoms with van der Waals surface area (Å²) in [7, 11) is 0. The number of benzene rings is 2. The summed E-state index contributed by atoms with van der Waals surface area (Å²) in [6.45, 7) is 1.80. The van der Waals surface area contributed by atoms with Gasteiger partial charge in [0.15, 0.2) is 0 Å². The molecular formula is C13H13N3. The molecule has 3 N–H and O–H groups in total. The standard InChI is InChI=1S/C13H13N3/c1-9(8-14)16-12-7-6-10-4-2-3-5-11(10)13(12)15/h2-7,9,16H,15H2,1H3. The van der Waals surface area contributed by atoms with Gasteiger partial charge in [-0.2, -0.15) is 5.26 Å². The molecule has 0 saturated heterocycles. The zero-order valence-electron chi connectivity index (χ0n) is 9.07. The Morgan fingerprint density at radius 3 is 2.75 bits per heavy atom. The largest absolute Gasteiger partial charge is 0.397 e. The van der Waals surface area contributed by atoms with Gasteiger partial charge in [-0.15, -0.1) is 0 Å². The molecule has 2 rings (SSSR count). The van der Waals surface area contributed by atoms with E-state index in [0.29, 0.717) is 5.69 Å². The highest BCUT2D eigenvalue weighted by atomic mass is 14.9. The summed E-state index contributed by atoms with van der Waals surface area (Å²) < 4.78 is 0. The number of anilines is 2. The van der Waals surface area contributed by atoms with Crippen molar-refractivity contribution >= 4 is 22.1 Å². The molecule has 0 heterocycles. The van der Waals surface area contributed by atoms with Crippen molar-refractivity contribution in [3.8, 4) is 6.07 Å². The van der Waals surface area contributed by atoms with Gasteiger partial charge in [-0.3, -0.25) is 0 Å². The van der Waals surface area contributed by atoms with E-state index in [1.54, 1.807) is 6.92 Å². The van der Waals surface area contributed by atoms with E-state index in [0.717, 1.165) is 16.5 Å². The molecule has 0 spiro atoms. The van der Waals surface area contributed by atoms with E-state index >= 15 is 0 Å². The Balaban J connectivity index is 2.49. The highest BCUT2D eigenvalue weighted by Crippen LogP contribution is 2.28. The molecule has 1 unspecified atom stereocenters. The summed E-state index contributed by atoms with van der Waals surface area (Å²) in [4.78, 5) is 0. The predicted molar refractivity (Wildman–Crippen MR) is 67.1 cm³/mol. The van der Waals surface area contributed by atoms with Gasteiger partial charge in [-0.25, -0.2) is 0 Å². The van der Waals surface area contributed by atoms with Crippen LogP contribution < -0.4 is 11.1 Å². The molecule has 3 nitrogen and oxygen atoms in total. The lowest BCUT2D eigenvalue weighted by molar-refractivity contribution is 1.01. The van der Waals surface area contributed by atoms with Crippen LogP contribution in [-0.2, 0) is 0 Å². The lowest BCUT2D eigenvalue weighted by atomic mass is 10.1. The van der Waals surface area contributed by atoms with Crippen molar-refractivity contribution < 1.29 is 0 Å². The van der Waals surface area contributed by atoms with Crippen molar-refractivity contribution in [2.24, 2.45) is 0 Å². The van der Waals surface area contributed by atoms with Crippen LogP contribution in [0.2, 0.25) is 0 Å². The Morgan fingerprint density at radius 2 is 2.00 bits per heavy atom. The van der Waals surface area contributed by atoms with E-state index in [1.807, 2.05) is 36.4 Å². The molecule has 0 amide bonds. The van der Waals surface area contributed by atoms with Crippen molar-refractivity contribution in [1.82, 2.24) is 0 Å². The van der Waals surface area contributed by atoms with Crippen LogP contribution in [0.3, 0.4) is 0 Å². The summed E-state index contributed by atoms with van der Waals surface area (Å²) in [5.74, 6) is 0. The first-order valence-corrected chi connectivity index (χ1v) is 5.16. The Kier molecular flexibility index (Phi) is 2.65. The molecule has 80 valence electrons. The zero-order chi connectivity index (χ0) is 11.5. The predicted octanol–water partition coefficient (Wildman–Crippen LogP) is 2.75. The van der Waals surface area contributed by atoms with Gasteiger partial charge in [-0.1, -0.05) is 30.3 Å². The van der Waals surface area contributed by atoms with Crippen molar-refractivity contribution in [1.29, 1.82) is 5.26 Å². The maximum atomic E-state index is 8.75. The molecular weight excluding hydrogens is 198 g/mol. The molecule has 2 aromatic rings. The number of rotatable bonds is 2. The number of nitrogens with zero attached hydrogens (tertiary/aromatic N) is 1. The second-order valence-corrected chi connectivity index (χ2v) is 3.74. The van der Waals surface area contributed by atoms with Crippen LogP contribution >= 0.6 is 0 Å². The molecule has 2 aromatic carbocycles. The highest BCUT2D eigenvalue weighted by Gasteiger charge is 2.06. The molecule has 0 aliphatic carbocycles. The molecule has 1 atom stereocenters. The van der Waals surface area contributed by atoms with Gasteiger partial charge in [0, 0.05) is 5.39 Å². The first-order chi connectivity index (χ1) is 7.72. The third-order valence-corrected chi connectivity index (χ3v) is 2.54. The van der Waals surface area contributed by atoms with Crippen LogP contribution in [-0.4, -0.2) is 6.04 Å². The lowest BCUT2D eigenvalue weighted by Gasteiger charge is -2.12. The van der Waals surface area contributed by atoms with Crippen LogP contribution in [0, 0.1) is 11.3 Å². The number of hydrogen-bond donors (Lipinski definition) is 2. The number of nitrogens with two attached hydrogens (primary N) is 1. The maximum Gasteiger partial charge on any atom is 0.111 e. The molecule has 3 heteroatoms. The van der Waals surface area contributed by atoms with Crippen molar-refractivity contribution in [3.63, 3.8) is 0 Å². The molecule has 0 aliphatic heterocycles. The molecule has 0 aromatic heterocycles. The van der Waals surface area contributed by atoms with E-state index in [-0.39, 0.29) is 6.04 Å². The van der Waals surface area contributed by atoms with E-state index in [4.69, 9.17) is 11.0 Å². The summed E-state index contributed by atoms with van der Waals surface area (Å²) >= 11 is 0. The number of nitrogens with one attached hydrogen (secondary N) is 1. The topological polar surface area (TPSA) is 61.8 Å². The van der Waals surface area contributed by atoms with Gasteiger partial charge in [-0.05, 0) is 18.4 Å². The van der Waals surface area contributed by atoms with Crippen LogP contribution in [0.4, 0.5) is 11.4 Å². The SMILES string of the molecule is CC(C#N)Nc1ccc2ccccc2c1N. The molecule has 0 radical (unpaired) electrons. The maximum absolute atomic E-state index is 8.75. The van der Waals surface area contributed by atoms with E-state index in [2.05, 4.69) is 11.4 Å². The smallest absolute Gasteiger partial charge is 0.111 e. The zero-order valence-corrected chi connectivity index (χ0v) is 9.07. The third-order valence-electron chi connectivity index (χ3n) is 2.54. The second-order valence-electron chi connectivity index (χ2n) is 3.74. The number of hydrogen-bond acceptors (Lipinski definition) is 3. The molecule has 0 aliphatic rings. The van der Waals surface area contributed by atoms with E-state index < -0.39 is 0 Å². The normalized spacial score (nSPS) is 12.0. The minimum absolute atomic E-state index is 0.247. The summed E-state index contributed by atoms with van der Waals surface area (Å²) in [5.41, 5.74) is 7.56. The van der Waals surface area contributed by atoms with E-state index in [1.165, 1.54) is 0 Å². The lowest BCUT2D eigenvalue weighted by Crippen LogP contribution is -2.13. The fraction of sp³-hybridized carbons (Fsp3) is 0.154. The molecule has 0 bridgehead atoms. The number of nitrogen functional groups attached to an aromatic ring is 1. The van der Waals surface area contributed by atoms with Gasteiger partial charge in [0.1, 0.15) is 6.04 Å². The fourth-order valence-corrected chi connectivity index (χ4v) is 1.69. The minimum Gasteiger partial charge on any atom is -0.397 e. The minimum atomic E-state index is -0.247. The van der Waals surface area contributed by atoms with Gasteiger partial charge in [0.25, 0.3) is 0 Å². The number of fused-ring (bicyclic) bond motifs is 1. The monoisotopic (exact) mass is 211 g/mol. The van der Waals surface area contributed by atoms with Crippen LogP contribution in [0.5, 0.6) is 0 Å². The second kappa shape index (κ2) is 4.11. The molecule has 0 fully saturated rings. The molecule has 16 heavy (non-hydrogen) atoms. The average molecular weight is 211 g/mol. The summed E-state index contributed by atoms with van der Waals surface area (Å²) in [6.07, 6.45) is 0. The fourth-order valence-electron chi connectivity index (χ4n) is 1.69. The van der Waals surface area contributed by atoms with Gasteiger partial charge in [0.05, 0.1) is 17.4 Å². The Bertz CT molecular complexity index is 555. The Hall–Kier alpha value is -2.21. The van der Waals surface area contributed by atoms with Gasteiger partial charge in [0.2, 0.25) is 0 Å². The average Bonchev–Trinajstić information content (AvgIpc) is 2.33.